The van der Waals surface area contributed by atoms with Crippen LogP contribution in [0.4, 0.5) is 0 Å². The Labute approximate surface area is 307 Å². The summed E-state index contributed by atoms with van der Waals surface area (Å²) in [6.45, 7) is 0. The molecule has 0 aliphatic carbocycles. The molecule has 0 fully saturated rings. The Hall–Kier alpha value is -7.10. The molecule has 0 spiro atoms. The van der Waals surface area contributed by atoms with Crippen molar-refractivity contribution < 1.29 is 4.42 Å². The van der Waals surface area contributed by atoms with Gasteiger partial charge in [-0.2, -0.15) is 0 Å². The summed E-state index contributed by atoms with van der Waals surface area (Å²) in [5.74, 6) is 0.687. The van der Waals surface area contributed by atoms with E-state index in [1.807, 2.05) is 36.4 Å². The molecule has 0 saturated heterocycles. The minimum Gasteiger partial charge on any atom is -0.456 e. The molecule has 0 saturated carbocycles. The van der Waals surface area contributed by atoms with Gasteiger partial charge in [0.2, 0.25) is 0 Å². The summed E-state index contributed by atoms with van der Waals surface area (Å²) in [7, 11) is 0. The van der Waals surface area contributed by atoms with E-state index < -0.39 is 0 Å². The number of hydrogen-bond donors (Lipinski definition) is 0. The van der Waals surface area contributed by atoms with Crippen LogP contribution in [0.25, 0.3) is 100.0 Å². The van der Waals surface area contributed by atoms with Crippen LogP contribution in [0.5, 0.6) is 0 Å². The highest BCUT2D eigenvalue weighted by Gasteiger charge is 2.15. The molecule has 0 aliphatic heterocycles. The molecule has 8 aromatic carbocycles. The molecule has 0 aliphatic rings. The average molecular weight is 677 g/mol. The lowest BCUT2D eigenvalue weighted by Gasteiger charge is -2.14. The van der Waals surface area contributed by atoms with Crippen LogP contribution >= 0.6 is 0 Å². The van der Waals surface area contributed by atoms with Gasteiger partial charge in [0.1, 0.15) is 11.2 Å². The number of aromatic nitrogens is 2. The van der Waals surface area contributed by atoms with Crippen LogP contribution in [0, 0.1) is 0 Å². The van der Waals surface area contributed by atoms with Crippen LogP contribution in [-0.2, 0) is 0 Å². The van der Waals surface area contributed by atoms with E-state index in [1.54, 1.807) is 0 Å². The molecule has 0 radical (unpaired) electrons. The SMILES string of the molecule is c1ccc(-c2ccc(-c3cc(-c4cc(-c5ccc6ccccc6c5)cc(-c5ccc6c(c5)oc5ccccc56)c4)nc(-c4ccccc4)n3)cc2)cc1. The highest BCUT2D eigenvalue weighted by Crippen LogP contribution is 2.38. The predicted octanol–water partition coefficient (Wildman–Crippen LogP) is 13.5. The number of rotatable bonds is 6. The van der Waals surface area contributed by atoms with Gasteiger partial charge in [0.05, 0.1) is 11.4 Å². The maximum atomic E-state index is 6.34. The Morgan fingerprint density at radius 3 is 1.58 bits per heavy atom. The molecule has 0 unspecified atom stereocenters. The van der Waals surface area contributed by atoms with Crippen LogP contribution in [-0.4, -0.2) is 9.97 Å². The fourth-order valence-electron chi connectivity index (χ4n) is 7.31. The van der Waals surface area contributed by atoms with Gasteiger partial charge < -0.3 is 4.42 Å². The van der Waals surface area contributed by atoms with Crippen LogP contribution in [0.1, 0.15) is 0 Å². The zero-order chi connectivity index (χ0) is 35.1. The van der Waals surface area contributed by atoms with E-state index in [0.717, 1.165) is 72.3 Å². The van der Waals surface area contributed by atoms with E-state index >= 15 is 0 Å². The first-order chi connectivity index (χ1) is 26.2. The van der Waals surface area contributed by atoms with Crippen molar-refractivity contribution in [2.24, 2.45) is 0 Å². The van der Waals surface area contributed by atoms with Gasteiger partial charge in [-0.05, 0) is 92.7 Å². The Morgan fingerprint density at radius 1 is 0.283 bits per heavy atom. The first-order valence-corrected chi connectivity index (χ1v) is 17.9. The molecular formula is C50H32N2O. The summed E-state index contributed by atoms with van der Waals surface area (Å²) in [5, 5.41) is 4.66. The topological polar surface area (TPSA) is 38.9 Å². The second kappa shape index (κ2) is 12.9. The number of furan rings is 1. The van der Waals surface area contributed by atoms with Gasteiger partial charge in [-0.1, -0.05) is 146 Å². The minimum absolute atomic E-state index is 0.687. The molecular weight excluding hydrogens is 645 g/mol. The normalized spacial score (nSPS) is 11.4. The molecule has 2 heterocycles. The fourth-order valence-corrected chi connectivity index (χ4v) is 7.31. The van der Waals surface area contributed by atoms with Gasteiger partial charge in [0.15, 0.2) is 5.82 Å². The molecule has 0 amide bonds. The lowest BCUT2D eigenvalue weighted by atomic mass is 9.93. The molecule has 0 bridgehead atoms. The smallest absolute Gasteiger partial charge is 0.160 e. The molecule has 10 rings (SSSR count). The van der Waals surface area contributed by atoms with Gasteiger partial charge >= 0.3 is 0 Å². The second-order valence-electron chi connectivity index (χ2n) is 13.4. The Balaban J connectivity index is 1.16. The third-order valence-corrected chi connectivity index (χ3v) is 10.1. The Kier molecular flexibility index (Phi) is 7.47. The average Bonchev–Trinajstić information content (AvgIpc) is 3.62. The number of para-hydroxylation sites is 1. The summed E-state index contributed by atoms with van der Waals surface area (Å²) in [4.78, 5) is 10.4. The largest absolute Gasteiger partial charge is 0.456 e. The number of benzene rings is 8. The second-order valence-corrected chi connectivity index (χ2v) is 13.4. The molecule has 3 heteroatoms. The van der Waals surface area contributed by atoms with E-state index in [-0.39, 0.29) is 0 Å². The van der Waals surface area contributed by atoms with Gasteiger partial charge in [-0.3, -0.25) is 0 Å². The maximum Gasteiger partial charge on any atom is 0.160 e. The van der Waals surface area contributed by atoms with E-state index in [4.69, 9.17) is 14.4 Å². The lowest BCUT2D eigenvalue weighted by molar-refractivity contribution is 0.669. The van der Waals surface area contributed by atoms with Crippen LogP contribution < -0.4 is 0 Å². The van der Waals surface area contributed by atoms with Crippen molar-refractivity contribution in [1.29, 1.82) is 0 Å². The van der Waals surface area contributed by atoms with Crippen LogP contribution in [0.15, 0.2) is 199 Å². The Bertz CT molecular complexity index is 2930. The third-order valence-electron chi connectivity index (χ3n) is 10.1. The van der Waals surface area contributed by atoms with Crippen molar-refractivity contribution in [3.8, 4) is 67.3 Å². The summed E-state index contributed by atoms with van der Waals surface area (Å²) in [6.07, 6.45) is 0. The summed E-state index contributed by atoms with van der Waals surface area (Å²) >= 11 is 0. The summed E-state index contributed by atoms with van der Waals surface area (Å²) in [5.41, 5.74) is 13.3. The van der Waals surface area contributed by atoms with Crippen LogP contribution in [0.3, 0.4) is 0 Å². The highest BCUT2D eigenvalue weighted by molar-refractivity contribution is 6.06. The van der Waals surface area contributed by atoms with Crippen molar-refractivity contribution in [2.75, 3.05) is 0 Å². The molecule has 0 atom stereocenters. The molecule has 3 nitrogen and oxygen atoms in total. The number of hydrogen-bond acceptors (Lipinski definition) is 3. The van der Waals surface area contributed by atoms with Gasteiger partial charge in [-0.25, -0.2) is 9.97 Å². The van der Waals surface area contributed by atoms with Crippen molar-refractivity contribution >= 4 is 32.7 Å². The zero-order valence-electron chi connectivity index (χ0n) is 28.8. The van der Waals surface area contributed by atoms with Gasteiger partial charge in [0.25, 0.3) is 0 Å². The maximum absolute atomic E-state index is 6.34. The first-order valence-electron chi connectivity index (χ1n) is 17.9. The first kappa shape index (κ1) is 30.7. The number of fused-ring (bicyclic) bond motifs is 4. The quantitative estimate of drug-likeness (QED) is 0.176. The van der Waals surface area contributed by atoms with Crippen molar-refractivity contribution in [3.05, 3.63) is 194 Å². The highest BCUT2D eigenvalue weighted by atomic mass is 16.3. The van der Waals surface area contributed by atoms with Crippen molar-refractivity contribution in [2.45, 2.75) is 0 Å². The van der Waals surface area contributed by atoms with Gasteiger partial charge in [-0.15, -0.1) is 0 Å². The standard InChI is InChI=1S/C50H32N2O/c1-3-11-33(12-4-1)35-19-22-36(23-20-35)46-32-47(52-50(51-46)37-14-5-2-6-15-37)43-29-41(39-24-21-34-13-7-8-16-38(34)27-39)28-42(30-43)40-25-26-45-44-17-9-10-18-48(44)53-49(45)31-40/h1-32H. The third kappa shape index (κ3) is 5.85. The Morgan fingerprint density at radius 2 is 0.811 bits per heavy atom. The molecule has 53 heavy (non-hydrogen) atoms. The molecule has 0 N–H and O–H groups in total. The number of nitrogens with zero attached hydrogens (tertiary/aromatic N) is 2. The van der Waals surface area contributed by atoms with Crippen molar-refractivity contribution in [3.63, 3.8) is 0 Å². The predicted molar refractivity (Wildman–Crippen MR) is 219 cm³/mol. The van der Waals surface area contributed by atoms with Crippen LogP contribution in [0.2, 0.25) is 0 Å². The lowest BCUT2D eigenvalue weighted by Crippen LogP contribution is -1.96. The van der Waals surface area contributed by atoms with Crippen molar-refractivity contribution in [1.82, 2.24) is 9.97 Å². The van der Waals surface area contributed by atoms with E-state index in [2.05, 4.69) is 158 Å². The van der Waals surface area contributed by atoms with E-state index in [9.17, 15) is 0 Å². The minimum atomic E-state index is 0.687. The molecule has 10 aromatic rings. The van der Waals surface area contributed by atoms with Gasteiger partial charge in [0, 0.05) is 27.5 Å². The summed E-state index contributed by atoms with van der Waals surface area (Å²) in [6, 6.07) is 68.2. The summed E-state index contributed by atoms with van der Waals surface area (Å²) < 4.78 is 6.34. The van der Waals surface area contributed by atoms with E-state index in [0.29, 0.717) is 5.82 Å². The molecule has 248 valence electrons. The fraction of sp³-hybridized carbons (Fsp3) is 0. The zero-order valence-corrected chi connectivity index (χ0v) is 28.8. The van der Waals surface area contributed by atoms with E-state index in [1.165, 1.54) is 21.9 Å². The monoisotopic (exact) mass is 676 g/mol. The molecule has 2 aromatic heterocycles.